The Balaban J connectivity index is 4.06. The number of hydrogen-bond donors (Lipinski definition) is 3. The third-order valence-corrected chi connectivity index (χ3v) is 8.28. The molecular weight excluding hydrogens is 558 g/mol. The van der Waals surface area contributed by atoms with E-state index in [0.29, 0.717) is 26.1 Å². The molecule has 3 N–H and O–H groups in total. The van der Waals surface area contributed by atoms with Gasteiger partial charge in [-0.15, -0.1) is 0 Å². The van der Waals surface area contributed by atoms with E-state index in [1.54, 1.807) is 0 Å². The van der Waals surface area contributed by atoms with Gasteiger partial charge in [0.25, 0.3) is 0 Å². The Morgan fingerprint density at radius 2 is 0.911 bits per heavy atom. The van der Waals surface area contributed by atoms with Crippen LogP contribution >= 0.6 is 0 Å². The summed E-state index contributed by atoms with van der Waals surface area (Å²) in [5.74, 6) is -0.793. The van der Waals surface area contributed by atoms with Crippen LogP contribution in [0.15, 0.2) is 48.6 Å². The molecule has 0 fully saturated rings. The fraction of sp³-hybridized carbons (Fsp3) is 0.775. The van der Waals surface area contributed by atoms with E-state index >= 15 is 0 Å². The zero-order chi connectivity index (χ0) is 33.1. The summed E-state index contributed by atoms with van der Waals surface area (Å²) in [6.07, 6.45) is 43.1. The summed E-state index contributed by atoms with van der Waals surface area (Å²) in [4.78, 5) is 13.1. The average Bonchev–Trinajstić information content (AvgIpc) is 3.01. The minimum Gasteiger partial charge on any atom is -0.481 e. The molecule has 2 unspecified atom stereocenters. The predicted molar refractivity (Wildman–Crippen MR) is 195 cm³/mol. The maximum absolute atomic E-state index is 11.0. The molecule has 0 aromatic carbocycles. The highest BCUT2D eigenvalue weighted by Gasteiger charge is 2.16. The molecule has 0 spiro atoms. The topological polar surface area (TPSA) is 81.0 Å². The Kier molecular flexibility index (Phi) is 33.8. The van der Waals surface area contributed by atoms with E-state index in [2.05, 4.69) is 67.4 Å². The number of unbranched alkanes of at least 4 members (excludes halogenated alkanes) is 14. The molecule has 0 aromatic heterocycles. The second kappa shape index (κ2) is 35.2. The van der Waals surface area contributed by atoms with Crippen LogP contribution < -0.4 is 0 Å². The zero-order valence-corrected chi connectivity index (χ0v) is 29.6. The van der Waals surface area contributed by atoms with Crippen molar-refractivity contribution < 1.29 is 20.1 Å². The molecule has 5 heteroatoms. The van der Waals surface area contributed by atoms with E-state index in [0.717, 1.165) is 64.2 Å². The van der Waals surface area contributed by atoms with E-state index in [9.17, 15) is 15.0 Å². The molecule has 0 saturated carbocycles. The highest BCUT2D eigenvalue weighted by molar-refractivity contribution is 5.66. The minimum absolute atomic E-state index is 0.121. The lowest BCUT2D eigenvalue weighted by molar-refractivity contribution is -0.137. The third kappa shape index (κ3) is 35.0. The number of aliphatic hydroxyl groups is 2. The highest BCUT2D eigenvalue weighted by Crippen LogP contribution is 2.13. The van der Waals surface area contributed by atoms with Gasteiger partial charge in [-0.25, -0.2) is 0 Å². The van der Waals surface area contributed by atoms with Crippen molar-refractivity contribution in [2.24, 2.45) is 0 Å². The molecule has 0 aliphatic carbocycles. The van der Waals surface area contributed by atoms with Gasteiger partial charge < -0.3 is 15.3 Å². The molecule has 45 heavy (non-hydrogen) atoms. The fourth-order valence-corrected chi connectivity index (χ4v) is 5.52. The molecule has 0 radical (unpaired) electrons. The standard InChI is InChI=1S/C40H73NO4/c1-3-5-7-9-11-13-15-17-19-21-23-25-27-29-32-38(42)36-41(35-31-34-40(44)45)37-39(43)33-30-28-26-24-22-20-18-16-14-12-10-8-6-4-2/h11-14,17-20,38-39,42-43H,3-10,15-16,21-37H2,1-2H3,(H,44,45)/b13-11-,14-12-,19-17-,20-18-. The van der Waals surface area contributed by atoms with Crippen molar-refractivity contribution in [2.45, 2.75) is 180 Å². The molecule has 0 aliphatic rings. The first-order valence-electron chi connectivity index (χ1n) is 18.9. The number of carboxylic acid groups (broad SMARTS) is 1. The van der Waals surface area contributed by atoms with Gasteiger partial charge in [0.05, 0.1) is 12.2 Å². The van der Waals surface area contributed by atoms with Crippen molar-refractivity contribution in [1.29, 1.82) is 0 Å². The first-order valence-corrected chi connectivity index (χ1v) is 18.9. The SMILES string of the molecule is CCCCC/C=C\C/C=C\CCCCCCC(O)CN(CCCC(=O)O)CC(O)CCCCCC/C=C\C/C=C\CCCCC. The lowest BCUT2D eigenvalue weighted by atomic mass is 10.1. The van der Waals surface area contributed by atoms with Crippen LogP contribution in [0.5, 0.6) is 0 Å². The molecule has 5 nitrogen and oxygen atoms in total. The van der Waals surface area contributed by atoms with E-state index in [-0.39, 0.29) is 6.42 Å². The second-order valence-corrected chi connectivity index (χ2v) is 12.9. The van der Waals surface area contributed by atoms with Gasteiger partial charge in [0.15, 0.2) is 0 Å². The molecule has 0 aliphatic heterocycles. The van der Waals surface area contributed by atoms with Crippen molar-refractivity contribution >= 4 is 5.97 Å². The normalized spacial score (nSPS) is 13.8. The number of carbonyl (C=O) groups is 1. The summed E-state index contributed by atoms with van der Waals surface area (Å²) in [5, 5.41) is 30.4. The van der Waals surface area contributed by atoms with Crippen molar-refractivity contribution in [1.82, 2.24) is 4.90 Å². The van der Waals surface area contributed by atoms with Crippen LogP contribution in [0.25, 0.3) is 0 Å². The second-order valence-electron chi connectivity index (χ2n) is 12.9. The number of aliphatic carboxylic acids is 1. The monoisotopic (exact) mass is 632 g/mol. The molecule has 0 aromatic rings. The molecule has 2 atom stereocenters. The van der Waals surface area contributed by atoms with E-state index in [1.165, 1.54) is 77.0 Å². The van der Waals surface area contributed by atoms with E-state index < -0.39 is 18.2 Å². The molecule has 0 saturated heterocycles. The number of allylic oxidation sites excluding steroid dienone is 8. The predicted octanol–water partition coefficient (Wildman–Crippen LogP) is 10.7. The van der Waals surface area contributed by atoms with E-state index in [1.807, 2.05) is 0 Å². The first kappa shape index (κ1) is 43.3. The molecule has 0 rings (SSSR count). The van der Waals surface area contributed by atoms with Gasteiger partial charge in [-0.3, -0.25) is 9.69 Å². The maximum Gasteiger partial charge on any atom is 0.303 e. The van der Waals surface area contributed by atoms with Crippen molar-refractivity contribution in [2.75, 3.05) is 19.6 Å². The van der Waals surface area contributed by atoms with Crippen LogP contribution in [0.3, 0.4) is 0 Å². The molecular formula is C40H73NO4. The molecule has 262 valence electrons. The summed E-state index contributed by atoms with van der Waals surface area (Å²) in [7, 11) is 0. The van der Waals surface area contributed by atoms with Crippen molar-refractivity contribution in [3.8, 4) is 0 Å². The Hall–Kier alpha value is -1.69. The largest absolute Gasteiger partial charge is 0.481 e. The Morgan fingerprint density at radius 1 is 0.533 bits per heavy atom. The number of nitrogens with zero attached hydrogens (tertiary/aromatic N) is 1. The van der Waals surface area contributed by atoms with Crippen LogP contribution in [-0.4, -0.2) is 58.0 Å². The summed E-state index contributed by atoms with van der Waals surface area (Å²) in [6.45, 7) is 6.09. The van der Waals surface area contributed by atoms with Gasteiger partial charge in [0, 0.05) is 19.5 Å². The summed E-state index contributed by atoms with van der Waals surface area (Å²) in [6, 6.07) is 0. The third-order valence-electron chi connectivity index (χ3n) is 8.28. The fourth-order valence-electron chi connectivity index (χ4n) is 5.52. The zero-order valence-electron chi connectivity index (χ0n) is 29.6. The van der Waals surface area contributed by atoms with Crippen molar-refractivity contribution in [3.63, 3.8) is 0 Å². The number of aliphatic hydroxyl groups excluding tert-OH is 2. The molecule has 0 amide bonds. The lowest BCUT2D eigenvalue weighted by Crippen LogP contribution is -2.38. The summed E-state index contributed by atoms with van der Waals surface area (Å²) < 4.78 is 0. The Morgan fingerprint density at radius 3 is 1.29 bits per heavy atom. The minimum atomic E-state index is -0.793. The number of hydrogen-bond acceptors (Lipinski definition) is 4. The van der Waals surface area contributed by atoms with Gasteiger partial charge in [-0.05, 0) is 90.0 Å². The smallest absolute Gasteiger partial charge is 0.303 e. The van der Waals surface area contributed by atoms with Gasteiger partial charge in [-0.2, -0.15) is 0 Å². The Labute approximate surface area is 279 Å². The average molecular weight is 632 g/mol. The van der Waals surface area contributed by atoms with Gasteiger partial charge in [0.1, 0.15) is 0 Å². The highest BCUT2D eigenvalue weighted by atomic mass is 16.4. The number of rotatable bonds is 34. The molecule has 0 bridgehead atoms. The van der Waals surface area contributed by atoms with Crippen LogP contribution in [0.1, 0.15) is 168 Å². The molecule has 0 heterocycles. The lowest BCUT2D eigenvalue weighted by Gasteiger charge is -2.27. The van der Waals surface area contributed by atoms with Gasteiger partial charge in [0.2, 0.25) is 0 Å². The maximum atomic E-state index is 11.0. The van der Waals surface area contributed by atoms with E-state index in [4.69, 9.17) is 5.11 Å². The van der Waals surface area contributed by atoms with Gasteiger partial charge >= 0.3 is 5.97 Å². The van der Waals surface area contributed by atoms with Crippen LogP contribution in [0.2, 0.25) is 0 Å². The summed E-state index contributed by atoms with van der Waals surface area (Å²) in [5.41, 5.74) is 0. The van der Waals surface area contributed by atoms with Gasteiger partial charge in [-0.1, -0.05) is 127 Å². The quantitative estimate of drug-likeness (QED) is 0.0486. The van der Waals surface area contributed by atoms with Crippen molar-refractivity contribution in [3.05, 3.63) is 48.6 Å². The van der Waals surface area contributed by atoms with Crippen LogP contribution in [0, 0.1) is 0 Å². The Bertz CT molecular complexity index is 693. The first-order chi connectivity index (χ1) is 22.0. The van der Waals surface area contributed by atoms with Crippen LogP contribution in [-0.2, 0) is 4.79 Å². The van der Waals surface area contributed by atoms with Crippen LogP contribution in [0.4, 0.5) is 0 Å². The summed E-state index contributed by atoms with van der Waals surface area (Å²) >= 11 is 0. The number of carboxylic acids is 1.